The highest BCUT2D eigenvalue weighted by atomic mass is 16.3. The average Bonchev–Trinajstić information content (AvgIpc) is 3.26. The normalized spacial score (nSPS) is 12.5. The standard InChI is InChI=1S/C25H16O/c1-2-9-18-16(7-1)15-17-8-5-11-20(24(17)18)22-13-6-12-21-19-10-3-4-14-23(19)26-25(21)22/h1-14H,15H2. The maximum Gasteiger partial charge on any atom is 0.143 e. The molecular weight excluding hydrogens is 316 g/mol. The third kappa shape index (κ3) is 1.80. The molecule has 1 heteroatoms. The van der Waals surface area contributed by atoms with E-state index in [0.29, 0.717) is 0 Å². The van der Waals surface area contributed by atoms with Crippen LogP contribution in [0.2, 0.25) is 0 Å². The number of rotatable bonds is 1. The first-order valence-corrected chi connectivity index (χ1v) is 9.01. The van der Waals surface area contributed by atoms with Gasteiger partial charge in [-0.1, -0.05) is 78.9 Å². The number of hydrogen-bond acceptors (Lipinski definition) is 1. The second kappa shape index (κ2) is 5.09. The second-order valence-electron chi connectivity index (χ2n) is 6.95. The number of fused-ring (bicyclic) bond motifs is 6. The van der Waals surface area contributed by atoms with Gasteiger partial charge in [0.1, 0.15) is 11.2 Å². The first-order chi connectivity index (χ1) is 12.9. The number of para-hydroxylation sites is 2. The molecule has 1 aliphatic rings. The SMILES string of the molecule is c1ccc2c(c1)Cc1cccc(-c3cccc4c3oc3ccccc34)c1-2. The third-order valence-corrected chi connectivity index (χ3v) is 5.51. The van der Waals surface area contributed by atoms with Crippen LogP contribution in [0.4, 0.5) is 0 Å². The van der Waals surface area contributed by atoms with Crippen molar-refractivity contribution in [1.82, 2.24) is 0 Å². The fraction of sp³-hybridized carbons (Fsp3) is 0.0400. The Kier molecular flexibility index (Phi) is 2.72. The molecule has 0 amide bonds. The Labute approximate surface area is 151 Å². The van der Waals surface area contributed by atoms with E-state index in [1.165, 1.54) is 44.2 Å². The van der Waals surface area contributed by atoms with Gasteiger partial charge in [0, 0.05) is 16.3 Å². The zero-order valence-electron chi connectivity index (χ0n) is 14.2. The minimum Gasteiger partial charge on any atom is -0.455 e. The lowest BCUT2D eigenvalue weighted by Gasteiger charge is -2.10. The van der Waals surface area contributed by atoms with Gasteiger partial charge in [-0.3, -0.25) is 0 Å². The van der Waals surface area contributed by atoms with Crippen LogP contribution in [0, 0.1) is 0 Å². The summed E-state index contributed by atoms with van der Waals surface area (Å²) in [5, 5.41) is 2.36. The molecule has 5 aromatic rings. The van der Waals surface area contributed by atoms with Crippen LogP contribution < -0.4 is 0 Å². The summed E-state index contributed by atoms with van der Waals surface area (Å²) >= 11 is 0. The van der Waals surface area contributed by atoms with Crippen LogP contribution in [0.1, 0.15) is 11.1 Å². The fourth-order valence-electron chi connectivity index (χ4n) is 4.37. The van der Waals surface area contributed by atoms with E-state index in [1.807, 2.05) is 12.1 Å². The minimum atomic E-state index is 0.947. The van der Waals surface area contributed by atoms with Crippen molar-refractivity contribution < 1.29 is 4.42 Å². The fourth-order valence-corrected chi connectivity index (χ4v) is 4.37. The molecule has 0 radical (unpaired) electrons. The number of furan rings is 1. The van der Waals surface area contributed by atoms with Gasteiger partial charge >= 0.3 is 0 Å². The van der Waals surface area contributed by atoms with Crippen molar-refractivity contribution in [3.8, 4) is 22.3 Å². The molecule has 0 spiro atoms. The van der Waals surface area contributed by atoms with Gasteiger partial charge in [0.05, 0.1) is 0 Å². The summed E-state index contributed by atoms with van der Waals surface area (Å²) in [7, 11) is 0. The van der Waals surface area contributed by atoms with E-state index in [-0.39, 0.29) is 0 Å². The van der Waals surface area contributed by atoms with E-state index < -0.39 is 0 Å². The largest absolute Gasteiger partial charge is 0.455 e. The Bertz CT molecular complexity index is 1310. The van der Waals surface area contributed by atoms with E-state index in [0.717, 1.165) is 17.6 Å². The minimum absolute atomic E-state index is 0.947. The van der Waals surface area contributed by atoms with Crippen molar-refractivity contribution in [3.63, 3.8) is 0 Å². The van der Waals surface area contributed by atoms with E-state index >= 15 is 0 Å². The molecule has 122 valence electrons. The quantitative estimate of drug-likeness (QED) is 0.322. The summed E-state index contributed by atoms with van der Waals surface area (Å²) in [6.07, 6.45) is 1.01. The molecule has 0 atom stereocenters. The van der Waals surface area contributed by atoms with Crippen LogP contribution in [0.3, 0.4) is 0 Å². The van der Waals surface area contributed by atoms with Gasteiger partial charge in [0.25, 0.3) is 0 Å². The van der Waals surface area contributed by atoms with Crippen molar-refractivity contribution in [2.75, 3.05) is 0 Å². The lowest BCUT2D eigenvalue weighted by molar-refractivity contribution is 0.670. The Morgan fingerprint density at radius 1 is 0.538 bits per heavy atom. The first-order valence-electron chi connectivity index (χ1n) is 9.01. The molecule has 0 N–H and O–H groups in total. The summed E-state index contributed by atoms with van der Waals surface area (Å²) in [5.74, 6) is 0. The molecule has 26 heavy (non-hydrogen) atoms. The average molecular weight is 332 g/mol. The highest BCUT2D eigenvalue weighted by Gasteiger charge is 2.23. The zero-order valence-corrected chi connectivity index (χ0v) is 14.2. The van der Waals surface area contributed by atoms with Gasteiger partial charge in [-0.2, -0.15) is 0 Å². The Balaban J connectivity index is 1.71. The number of benzene rings is 4. The molecule has 0 bridgehead atoms. The number of hydrogen-bond donors (Lipinski definition) is 0. The van der Waals surface area contributed by atoms with E-state index in [2.05, 4.69) is 72.8 Å². The molecule has 6 rings (SSSR count). The second-order valence-corrected chi connectivity index (χ2v) is 6.95. The summed E-state index contributed by atoms with van der Waals surface area (Å²) in [5.41, 5.74) is 9.88. The maximum atomic E-state index is 6.29. The van der Waals surface area contributed by atoms with Gasteiger partial charge in [-0.25, -0.2) is 0 Å². The van der Waals surface area contributed by atoms with Gasteiger partial charge in [-0.15, -0.1) is 0 Å². The van der Waals surface area contributed by atoms with Gasteiger partial charge < -0.3 is 4.42 Å². The van der Waals surface area contributed by atoms with E-state index in [4.69, 9.17) is 4.42 Å². The lowest BCUT2D eigenvalue weighted by Crippen LogP contribution is -1.86. The predicted molar refractivity (Wildman–Crippen MR) is 107 cm³/mol. The van der Waals surface area contributed by atoms with Gasteiger partial charge in [-0.05, 0) is 40.3 Å². The molecule has 1 aliphatic carbocycles. The van der Waals surface area contributed by atoms with Crippen molar-refractivity contribution >= 4 is 21.9 Å². The van der Waals surface area contributed by atoms with Crippen LogP contribution in [-0.2, 0) is 6.42 Å². The summed E-state index contributed by atoms with van der Waals surface area (Å²) in [6.45, 7) is 0. The lowest BCUT2D eigenvalue weighted by atomic mass is 9.93. The van der Waals surface area contributed by atoms with E-state index in [9.17, 15) is 0 Å². The van der Waals surface area contributed by atoms with E-state index in [1.54, 1.807) is 0 Å². The summed E-state index contributed by atoms with van der Waals surface area (Å²) in [6, 6.07) is 30.1. The Hall–Kier alpha value is -3.32. The van der Waals surface area contributed by atoms with Crippen molar-refractivity contribution in [1.29, 1.82) is 0 Å². The van der Waals surface area contributed by atoms with Gasteiger partial charge in [0.2, 0.25) is 0 Å². The third-order valence-electron chi connectivity index (χ3n) is 5.51. The Morgan fingerprint density at radius 3 is 2.23 bits per heavy atom. The van der Waals surface area contributed by atoms with Crippen LogP contribution in [0.5, 0.6) is 0 Å². The molecular formula is C25H16O. The molecule has 1 heterocycles. The molecule has 0 aliphatic heterocycles. The van der Waals surface area contributed by atoms with Crippen LogP contribution in [-0.4, -0.2) is 0 Å². The molecule has 4 aromatic carbocycles. The predicted octanol–water partition coefficient (Wildman–Crippen LogP) is 6.82. The molecule has 0 saturated carbocycles. The zero-order chi connectivity index (χ0) is 17.1. The van der Waals surface area contributed by atoms with Crippen LogP contribution in [0.15, 0.2) is 89.3 Å². The molecule has 0 saturated heterocycles. The summed E-state index contributed by atoms with van der Waals surface area (Å²) < 4.78 is 6.29. The van der Waals surface area contributed by atoms with Crippen molar-refractivity contribution in [2.24, 2.45) is 0 Å². The van der Waals surface area contributed by atoms with Gasteiger partial charge in [0.15, 0.2) is 0 Å². The monoisotopic (exact) mass is 332 g/mol. The van der Waals surface area contributed by atoms with Crippen molar-refractivity contribution in [3.05, 3.63) is 96.1 Å². The molecule has 0 fully saturated rings. The summed E-state index contributed by atoms with van der Waals surface area (Å²) in [4.78, 5) is 0. The topological polar surface area (TPSA) is 13.1 Å². The van der Waals surface area contributed by atoms with Crippen LogP contribution >= 0.6 is 0 Å². The van der Waals surface area contributed by atoms with Crippen molar-refractivity contribution in [2.45, 2.75) is 6.42 Å². The Morgan fingerprint density at radius 2 is 1.23 bits per heavy atom. The van der Waals surface area contributed by atoms with Crippen LogP contribution in [0.25, 0.3) is 44.2 Å². The molecule has 1 aromatic heterocycles. The maximum absolute atomic E-state index is 6.29. The highest BCUT2D eigenvalue weighted by Crippen LogP contribution is 2.45. The smallest absolute Gasteiger partial charge is 0.143 e. The molecule has 1 nitrogen and oxygen atoms in total. The highest BCUT2D eigenvalue weighted by molar-refractivity contribution is 6.11. The molecule has 0 unspecified atom stereocenters. The first kappa shape index (κ1) is 13.9.